The van der Waals surface area contributed by atoms with E-state index in [4.69, 9.17) is 23.2 Å². The summed E-state index contributed by atoms with van der Waals surface area (Å²) in [7, 11) is 0. The molecule has 1 aliphatic rings. The molecule has 0 saturated carbocycles. The minimum absolute atomic E-state index is 0.00207. The second-order valence-corrected chi connectivity index (χ2v) is 4.52. The number of piperazine rings is 1. The van der Waals surface area contributed by atoms with E-state index in [0.717, 1.165) is 12.1 Å². The summed E-state index contributed by atoms with van der Waals surface area (Å²) in [6, 6.07) is 5.11. The molecule has 0 radical (unpaired) electrons. The maximum Gasteiger partial charge on any atom is 0.237 e. The molecule has 2 N–H and O–H groups in total. The number of hydrogen-bond donors (Lipinski definition) is 2. The first kappa shape index (κ1) is 11.7. The first-order valence-corrected chi connectivity index (χ1v) is 5.88. The van der Waals surface area contributed by atoms with Crippen LogP contribution in [-0.2, 0) is 11.2 Å². The van der Waals surface area contributed by atoms with Crippen LogP contribution in [-0.4, -0.2) is 25.0 Å². The Hall–Kier alpha value is -0.770. The van der Waals surface area contributed by atoms with E-state index in [9.17, 15) is 4.79 Å². The van der Waals surface area contributed by atoms with Crippen molar-refractivity contribution < 1.29 is 4.79 Å². The molecule has 0 bridgehead atoms. The predicted molar refractivity (Wildman–Crippen MR) is 65.0 cm³/mol. The third-order valence-electron chi connectivity index (χ3n) is 2.60. The Bertz CT molecular complexity index is 389. The highest BCUT2D eigenvalue weighted by Gasteiger charge is 2.23. The molecule has 2 rings (SSSR count). The van der Waals surface area contributed by atoms with Gasteiger partial charge < -0.3 is 10.6 Å². The summed E-state index contributed by atoms with van der Waals surface area (Å²) in [6.45, 7) is 1.45. The van der Waals surface area contributed by atoms with E-state index in [0.29, 0.717) is 23.0 Å². The molecule has 5 heteroatoms. The van der Waals surface area contributed by atoms with Gasteiger partial charge in [0.05, 0.1) is 6.04 Å². The van der Waals surface area contributed by atoms with E-state index in [1.54, 1.807) is 18.2 Å². The van der Waals surface area contributed by atoms with Crippen molar-refractivity contribution in [2.75, 3.05) is 13.1 Å². The van der Waals surface area contributed by atoms with Crippen LogP contribution in [0.3, 0.4) is 0 Å². The first-order valence-electron chi connectivity index (χ1n) is 5.12. The number of nitrogens with one attached hydrogen (secondary N) is 2. The zero-order valence-corrected chi connectivity index (χ0v) is 10.1. The number of hydrogen-bond acceptors (Lipinski definition) is 2. The van der Waals surface area contributed by atoms with E-state index in [1.807, 2.05) is 0 Å². The lowest BCUT2D eigenvalue weighted by atomic mass is 10.0. The Labute approximate surface area is 104 Å². The van der Waals surface area contributed by atoms with Crippen molar-refractivity contribution >= 4 is 29.1 Å². The van der Waals surface area contributed by atoms with Crippen LogP contribution < -0.4 is 10.6 Å². The van der Waals surface area contributed by atoms with Crippen molar-refractivity contribution in [3.63, 3.8) is 0 Å². The molecule has 16 heavy (non-hydrogen) atoms. The van der Waals surface area contributed by atoms with Crippen LogP contribution in [0, 0.1) is 0 Å². The van der Waals surface area contributed by atoms with Gasteiger partial charge in [0.1, 0.15) is 0 Å². The van der Waals surface area contributed by atoms with E-state index in [2.05, 4.69) is 10.6 Å². The average Bonchev–Trinajstić information content (AvgIpc) is 2.26. The number of rotatable bonds is 2. The Morgan fingerprint density at radius 3 is 2.56 bits per heavy atom. The third-order valence-corrected chi connectivity index (χ3v) is 3.31. The largest absolute Gasteiger partial charge is 0.353 e. The van der Waals surface area contributed by atoms with E-state index in [1.165, 1.54) is 0 Å². The molecule has 1 aliphatic heterocycles. The molecule has 0 spiro atoms. The lowest BCUT2D eigenvalue weighted by Crippen LogP contribution is -2.53. The smallest absolute Gasteiger partial charge is 0.237 e. The van der Waals surface area contributed by atoms with Crippen LogP contribution in [0.4, 0.5) is 0 Å². The fraction of sp³-hybridized carbons (Fsp3) is 0.364. The maximum atomic E-state index is 11.6. The van der Waals surface area contributed by atoms with Gasteiger partial charge in [-0.2, -0.15) is 0 Å². The summed E-state index contributed by atoms with van der Waals surface area (Å²) in [4.78, 5) is 11.6. The summed E-state index contributed by atoms with van der Waals surface area (Å²) < 4.78 is 0. The second kappa shape index (κ2) is 5.04. The molecule has 0 unspecified atom stereocenters. The minimum Gasteiger partial charge on any atom is -0.353 e. The first-order chi connectivity index (χ1) is 7.68. The van der Waals surface area contributed by atoms with Crippen molar-refractivity contribution in [1.82, 2.24) is 10.6 Å². The van der Waals surface area contributed by atoms with Gasteiger partial charge in [-0.05, 0) is 24.1 Å². The summed E-state index contributed by atoms with van der Waals surface area (Å²) in [5, 5.41) is 7.15. The Balaban J connectivity index is 2.16. The van der Waals surface area contributed by atoms with Crippen molar-refractivity contribution in [3.8, 4) is 0 Å². The topological polar surface area (TPSA) is 41.1 Å². The lowest BCUT2D eigenvalue weighted by molar-refractivity contribution is -0.124. The highest BCUT2D eigenvalue weighted by molar-refractivity contribution is 6.36. The van der Waals surface area contributed by atoms with Crippen molar-refractivity contribution in [2.45, 2.75) is 12.5 Å². The molecule has 1 fully saturated rings. The molecule has 1 heterocycles. The van der Waals surface area contributed by atoms with Gasteiger partial charge in [-0.25, -0.2) is 0 Å². The third kappa shape index (κ3) is 2.48. The van der Waals surface area contributed by atoms with Crippen LogP contribution in [0.5, 0.6) is 0 Å². The van der Waals surface area contributed by atoms with Gasteiger partial charge in [0.15, 0.2) is 0 Å². The van der Waals surface area contributed by atoms with Gasteiger partial charge in [-0.3, -0.25) is 4.79 Å². The fourth-order valence-electron chi connectivity index (χ4n) is 1.74. The molecule has 3 nitrogen and oxygen atoms in total. The maximum absolute atomic E-state index is 11.6. The standard InChI is InChI=1S/C11H12Cl2N2O/c12-8-2-1-3-9(13)7(8)6-10-11(16)15-5-4-14-10/h1-3,10,14H,4-6H2,(H,15,16)/t10-/m0/s1. The Kier molecular flexibility index (Phi) is 3.69. The quantitative estimate of drug-likeness (QED) is 0.847. The lowest BCUT2D eigenvalue weighted by Gasteiger charge is -2.24. The minimum atomic E-state index is -0.244. The van der Waals surface area contributed by atoms with Gasteiger partial charge in [0.25, 0.3) is 0 Å². The van der Waals surface area contributed by atoms with Gasteiger partial charge >= 0.3 is 0 Å². The van der Waals surface area contributed by atoms with Gasteiger partial charge in [0.2, 0.25) is 5.91 Å². The highest BCUT2D eigenvalue weighted by atomic mass is 35.5. The summed E-state index contributed by atoms with van der Waals surface area (Å²) in [5.41, 5.74) is 0.820. The van der Waals surface area contributed by atoms with Crippen LogP contribution in [0.2, 0.25) is 10.0 Å². The van der Waals surface area contributed by atoms with Gasteiger partial charge in [-0.1, -0.05) is 29.3 Å². The number of carbonyl (C=O) groups excluding carboxylic acids is 1. The monoisotopic (exact) mass is 258 g/mol. The molecular weight excluding hydrogens is 247 g/mol. The van der Waals surface area contributed by atoms with E-state index in [-0.39, 0.29) is 11.9 Å². The van der Waals surface area contributed by atoms with Crippen LogP contribution in [0.15, 0.2) is 18.2 Å². The van der Waals surface area contributed by atoms with Gasteiger partial charge in [0, 0.05) is 23.1 Å². The second-order valence-electron chi connectivity index (χ2n) is 3.70. The summed E-state index contributed by atoms with van der Waals surface area (Å²) >= 11 is 12.1. The van der Waals surface area contributed by atoms with Crippen molar-refractivity contribution in [2.24, 2.45) is 0 Å². The zero-order chi connectivity index (χ0) is 11.5. The number of carbonyl (C=O) groups is 1. The van der Waals surface area contributed by atoms with Gasteiger partial charge in [-0.15, -0.1) is 0 Å². The SMILES string of the molecule is O=C1NCCN[C@H]1Cc1c(Cl)cccc1Cl. The normalized spacial score (nSPS) is 20.6. The zero-order valence-electron chi connectivity index (χ0n) is 8.59. The van der Waals surface area contributed by atoms with Crippen molar-refractivity contribution in [1.29, 1.82) is 0 Å². The van der Waals surface area contributed by atoms with Crippen LogP contribution in [0.25, 0.3) is 0 Å². The number of halogens is 2. The van der Waals surface area contributed by atoms with Crippen LogP contribution >= 0.6 is 23.2 Å². The highest BCUT2D eigenvalue weighted by Crippen LogP contribution is 2.25. The van der Waals surface area contributed by atoms with Crippen LogP contribution in [0.1, 0.15) is 5.56 Å². The molecule has 1 saturated heterocycles. The molecule has 1 amide bonds. The molecule has 1 atom stereocenters. The molecule has 86 valence electrons. The Morgan fingerprint density at radius 2 is 1.94 bits per heavy atom. The van der Waals surface area contributed by atoms with E-state index < -0.39 is 0 Å². The number of amides is 1. The van der Waals surface area contributed by atoms with Crippen molar-refractivity contribution in [3.05, 3.63) is 33.8 Å². The predicted octanol–water partition coefficient (Wildman–Crippen LogP) is 1.62. The average molecular weight is 259 g/mol. The Morgan fingerprint density at radius 1 is 1.25 bits per heavy atom. The van der Waals surface area contributed by atoms with E-state index >= 15 is 0 Å². The molecule has 1 aromatic rings. The summed E-state index contributed by atoms with van der Waals surface area (Å²) in [5.74, 6) is 0.00207. The molecule has 0 aliphatic carbocycles. The molecule has 1 aromatic carbocycles. The molecular formula is C11H12Cl2N2O. The summed E-state index contributed by atoms with van der Waals surface area (Å²) in [6.07, 6.45) is 0.518. The molecule has 0 aromatic heterocycles. The number of benzene rings is 1. The fourth-order valence-corrected chi connectivity index (χ4v) is 2.30.